The molecule has 1 aliphatic rings. The minimum atomic E-state index is -0.518. The van der Waals surface area contributed by atoms with E-state index in [1.807, 2.05) is 25.1 Å². The summed E-state index contributed by atoms with van der Waals surface area (Å²) in [6, 6.07) is 12.5. The fraction of sp³-hybridized carbons (Fsp3) is 0.462. The predicted octanol–water partition coefficient (Wildman–Crippen LogP) is 1.85. The number of hydrogen-bond donors (Lipinski definition) is 1. The summed E-state index contributed by atoms with van der Waals surface area (Å²) in [7, 11) is 0. The Morgan fingerprint density at radius 2 is 2.25 bits per heavy atom. The monoisotopic (exact) mass is 216 g/mol. The zero-order valence-electron chi connectivity index (χ0n) is 9.44. The minimum absolute atomic E-state index is 0.0405. The normalized spacial score (nSPS) is 28.9. The Kier molecular flexibility index (Phi) is 3.23. The van der Waals surface area contributed by atoms with Gasteiger partial charge in [0.25, 0.3) is 0 Å². The summed E-state index contributed by atoms with van der Waals surface area (Å²) in [5.41, 5.74) is 0.673. The standard InChI is InChI=1S/C13H16N2O/c1-11-13(10-14,7-8-16-11)15-9-12-5-3-2-4-6-12/h2-6,11,15H,7-9H2,1H3. The van der Waals surface area contributed by atoms with Crippen molar-refractivity contribution in [2.45, 2.75) is 31.5 Å². The zero-order valence-corrected chi connectivity index (χ0v) is 9.44. The van der Waals surface area contributed by atoms with E-state index in [1.165, 1.54) is 5.56 Å². The molecule has 1 aliphatic heterocycles. The lowest BCUT2D eigenvalue weighted by molar-refractivity contribution is 0.0983. The van der Waals surface area contributed by atoms with Crippen LogP contribution in [0.4, 0.5) is 0 Å². The largest absolute Gasteiger partial charge is 0.375 e. The van der Waals surface area contributed by atoms with Gasteiger partial charge in [-0.25, -0.2) is 0 Å². The maximum absolute atomic E-state index is 9.27. The van der Waals surface area contributed by atoms with E-state index in [2.05, 4.69) is 23.5 Å². The molecule has 84 valence electrons. The molecule has 1 saturated heterocycles. The molecule has 0 bridgehead atoms. The zero-order chi connectivity index (χ0) is 11.4. The lowest BCUT2D eigenvalue weighted by Gasteiger charge is -2.25. The van der Waals surface area contributed by atoms with Crippen LogP contribution in [0.25, 0.3) is 0 Å². The second-order valence-corrected chi connectivity index (χ2v) is 4.19. The number of hydrogen-bond acceptors (Lipinski definition) is 3. The van der Waals surface area contributed by atoms with Gasteiger partial charge in [0.1, 0.15) is 5.54 Å². The van der Waals surface area contributed by atoms with Crippen molar-refractivity contribution in [2.75, 3.05) is 6.61 Å². The fourth-order valence-electron chi connectivity index (χ4n) is 2.02. The van der Waals surface area contributed by atoms with E-state index in [9.17, 15) is 5.26 Å². The smallest absolute Gasteiger partial charge is 0.135 e. The molecular weight excluding hydrogens is 200 g/mol. The van der Waals surface area contributed by atoms with Gasteiger partial charge in [-0.3, -0.25) is 5.32 Å². The number of nitrogens with one attached hydrogen (secondary N) is 1. The Morgan fingerprint density at radius 3 is 2.81 bits per heavy atom. The first-order valence-corrected chi connectivity index (χ1v) is 5.59. The van der Waals surface area contributed by atoms with Gasteiger partial charge in [-0.15, -0.1) is 0 Å². The fourth-order valence-corrected chi connectivity index (χ4v) is 2.02. The summed E-state index contributed by atoms with van der Waals surface area (Å²) in [5, 5.41) is 12.6. The molecule has 3 heteroatoms. The third-order valence-electron chi connectivity index (χ3n) is 3.21. The molecule has 0 saturated carbocycles. The van der Waals surface area contributed by atoms with Gasteiger partial charge in [-0.05, 0) is 12.5 Å². The maximum Gasteiger partial charge on any atom is 0.135 e. The SMILES string of the molecule is CC1OCCC1(C#N)NCc1ccccc1. The molecule has 3 nitrogen and oxygen atoms in total. The first-order chi connectivity index (χ1) is 7.77. The number of rotatable bonds is 3. The van der Waals surface area contributed by atoms with E-state index in [0.29, 0.717) is 13.2 Å². The van der Waals surface area contributed by atoms with Crippen LogP contribution in [-0.4, -0.2) is 18.2 Å². The summed E-state index contributed by atoms with van der Waals surface area (Å²) in [6.07, 6.45) is 0.721. The maximum atomic E-state index is 9.27. The average Bonchev–Trinajstić information content (AvgIpc) is 2.70. The van der Waals surface area contributed by atoms with E-state index in [4.69, 9.17) is 4.74 Å². The Balaban J connectivity index is 2.02. The Hall–Kier alpha value is -1.37. The van der Waals surface area contributed by atoms with Crippen molar-refractivity contribution < 1.29 is 4.74 Å². The number of nitrogens with zero attached hydrogens (tertiary/aromatic N) is 1. The predicted molar refractivity (Wildman–Crippen MR) is 61.7 cm³/mol. The van der Waals surface area contributed by atoms with Crippen molar-refractivity contribution in [3.8, 4) is 6.07 Å². The van der Waals surface area contributed by atoms with Gasteiger partial charge in [0.2, 0.25) is 0 Å². The van der Waals surface area contributed by atoms with Crippen LogP contribution < -0.4 is 5.32 Å². The second kappa shape index (κ2) is 4.65. The summed E-state index contributed by atoms with van der Waals surface area (Å²) < 4.78 is 5.46. The number of benzene rings is 1. The molecule has 2 rings (SSSR count). The molecular formula is C13H16N2O. The highest BCUT2D eigenvalue weighted by molar-refractivity contribution is 5.18. The minimum Gasteiger partial charge on any atom is -0.375 e. The third kappa shape index (κ3) is 2.08. The van der Waals surface area contributed by atoms with Gasteiger partial charge in [-0.2, -0.15) is 5.26 Å². The molecule has 1 heterocycles. The third-order valence-corrected chi connectivity index (χ3v) is 3.21. The highest BCUT2D eigenvalue weighted by Gasteiger charge is 2.41. The highest BCUT2D eigenvalue weighted by atomic mass is 16.5. The van der Waals surface area contributed by atoms with Gasteiger partial charge in [0.05, 0.1) is 12.2 Å². The first kappa shape index (κ1) is 11.1. The number of ether oxygens (including phenoxy) is 1. The lowest BCUT2D eigenvalue weighted by Crippen LogP contribution is -2.48. The van der Waals surface area contributed by atoms with E-state index in [-0.39, 0.29) is 6.10 Å². The average molecular weight is 216 g/mol. The molecule has 16 heavy (non-hydrogen) atoms. The molecule has 1 N–H and O–H groups in total. The van der Waals surface area contributed by atoms with Crippen molar-refractivity contribution in [3.05, 3.63) is 35.9 Å². The Bertz CT molecular complexity index is 385. The molecule has 0 radical (unpaired) electrons. The molecule has 0 amide bonds. The Labute approximate surface area is 96.0 Å². The van der Waals surface area contributed by atoms with Crippen LogP contribution in [0.5, 0.6) is 0 Å². The van der Waals surface area contributed by atoms with Crippen LogP contribution in [0, 0.1) is 11.3 Å². The number of nitriles is 1. The Morgan fingerprint density at radius 1 is 1.50 bits per heavy atom. The van der Waals surface area contributed by atoms with Crippen LogP contribution in [0.3, 0.4) is 0 Å². The van der Waals surface area contributed by atoms with Crippen LogP contribution in [0.15, 0.2) is 30.3 Å². The van der Waals surface area contributed by atoms with Gasteiger partial charge >= 0.3 is 0 Å². The van der Waals surface area contributed by atoms with Gasteiger partial charge < -0.3 is 4.74 Å². The molecule has 0 spiro atoms. The molecule has 2 atom stereocenters. The van der Waals surface area contributed by atoms with E-state index in [1.54, 1.807) is 0 Å². The topological polar surface area (TPSA) is 45.0 Å². The second-order valence-electron chi connectivity index (χ2n) is 4.19. The summed E-state index contributed by atoms with van der Waals surface area (Å²) in [6.45, 7) is 3.33. The summed E-state index contributed by atoms with van der Waals surface area (Å²) in [5.74, 6) is 0. The van der Waals surface area contributed by atoms with E-state index >= 15 is 0 Å². The molecule has 0 aromatic heterocycles. The van der Waals surface area contributed by atoms with Crippen molar-refractivity contribution in [2.24, 2.45) is 0 Å². The van der Waals surface area contributed by atoms with Crippen LogP contribution in [-0.2, 0) is 11.3 Å². The van der Waals surface area contributed by atoms with Crippen molar-refractivity contribution in [1.29, 1.82) is 5.26 Å². The van der Waals surface area contributed by atoms with Crippen molar-refractivity contribution in [1.82, 2.24) is 5.32 Å². The quantitative estimate of drug-likeness (QED) is 0.838. The van der Waals surface area contributed by atoms with Gasteiger partial charge in [0.15, 0.2) is 0 Å². The first-order valence-electron chi connectivity index (χ1n) is 5.59. The van der Waals surface area contributed by atoms with E-state index < -0.39 is 5.54 Å². The van der Waals surface area contributed by atoms with Crippen LogP contribution in [0.2, 0.25) is 0 Å². The molecule has 2 unspecified atom stereocenters. The van der Waals surface area contributed by atoms with E-state index in [0.717, 1.165) is 6.42 Å². The van der Waals surface area contributed by atoms with Crippen molar-refractivity contribution >= 4 is 0 Å². The molecule has 1 fully saturated rings. The molecule has 1 aromatic rings. The molecule has 1 aromatic carbocycles. The summed E-state index contributed by atoms with van der Waals surface area (Å²) in [4.78, 5) is 0. The van der Waals surface area contributed by atoms with Crippen molar-refractivity contribution in [3.63, 3.8) is 0 Å². The van der Waals surface area contributed by atoms with Gasteiger partial charge in [0, 0.05) is 19.6 Å². The van der Waals surface area contributed by atoms with Crippen LogP contribution >= 0.6 is 0 Å². The van der Waals surface area contributed by atoms with Crippen LogP contribution in [0.1, 0.15) is 18.9 Å². The molecule has 0 aliphatic carbocycles. The lowest BCUT2D eigenvalue weighted by atomic mass is 9.93. The summed E-state index contributed by atoms with van der Waals surface area (Å²) >= 11 is 0. The highest BCUT2D eigenvalue weighted by Crippen LogP contribution is 2.25. The van der Waals surface area contributed by atoms with Gasteiger partial charge in [-0.1, -0.05) is 30.3 Å².